The van der Waals surface area contributed by atoms with E-state index in [1.807, 2.05) is 13.1 Å². The molecule has 0 bridgehead atoms. The SMILES string of the molecule is CNC(COc1cc(C)ccc1C)c1ccccc1. The zero-order valence-corrected chi connectivity index (χ0v) is 11.8. The van der Waals surface area contributed by atoms with E-state index < -0.39 is 0 Å². The number of rotatable bonds is 5. The van der Waals surface area contributed by atoms with Crippen molar-refractivity contribution in [2.75, 3.05) is 13.7 Å². The highest BCUT2D eigenvalue weighted by Crippen LogP contribution is 2.21. The molecule has 0 radical (unpaired) electrons. The highest BCUT2D eigenvalue weighted by molar-refractivity contribution is 5.36. The van der Waals surface area contributed by atoms with Gasteiger partial charge in [0.05, 0.1) is 6.04 Å². The molecule has 19 heavy (non-hydrogen) atoms. The summed E-state index contributed by atoms with van der Waals surface area (Å²) >= 11 is 0. The lowest BCUT2D eigenvalue weighted by atomic mass is 10.1. The first kappa shape index (κ1) is 13.6. The maximum atomic E-state index is 5.96. The minimum Gasteiger partial charge on any atom is -0.491 e. The smallest absolute Gasteiger partial charge is 0.122 e. The van der Waals surface area contributed by atoms with E-state index in [2.05, 4.69) is 61.6 Å². The number of benzene rings is 2. The first-order valence-corrected chi connectivity index (χ1v) is 6.63. The largest absolute Gasteiger partial charge is 0.491 e. The molecule has 1 N–H and O–H groups in total. The monoisotopic (exact) mass is 255 g/mol. The number of nitrogens with one attached hydrogen (secondary N) is 1. The molecule has 0 saturated carbocycles. The second-order valence-corrected chi connectivity index (χ2v) is 4.83. The van der Waals surface area contributed by atoms with Crippen LogP contribution < -0.4 is 10.1 Å². The van der Waals surface area contributed by atoms with Crippen molar-refractivity contribution in [3.8, 4) is 5.75 Å². The van der Waals surface area contributed by atoms with Gasteiger partial charge in [-0.15, -0.1) is 0 Å². The van der Waals surface area contributed by atoms with Crippen molar-refractivity contribution in [1.29, 1.82) is 0 Å². The summed E-state index contributed by atoms with van der Waals surface area (Å²) in [7, 11) is 1.96. The fourth-order valence-corrected chi connectivity index (χ4v) is 2.07. The molecule has 2 nitrogen and oxygen atoms in total. The molecule has 0 saturated heterocycles. The van der Waals surface area contributed by atoms with Gasteiger partial charge in [0.15, 0.2) is 0 Å². The average molecular weight is 255 g/mol. The van der Waals surface area contributed by atoms with Gasteiger partial charge < -0.3 is 10.1 Å². The van der Waals surface area contributed by atoms with Crippen molar-refractivity contribution in [1.82, 2.24) is 5.32 Å². The predicted molar refractivity (Wildman–Crippen MR) is 79.7 cm³/mol. The fraction of sp³-hybridized carbons (Fsp3) is 0.294. The van der Waals surface area contributed by atoms with E-state index in [9.17, 15) is 0 Å². The Morgan fingerprint density at radius 3 is 2.47 bits per heavy atom. The van der Waals surface area contributed by atoms with Crippen LogP contribution in [0.5, 0.6) is 5.75 Å². The Morgan fingerprint density at radius 2 is 1.79 bits per heavy atom. The molecule has 0 amide bonds. The maximum absolute atomic E-state index is 5.96. The topological polar surface area (TPSA) is 21.3 Å². The van der Waals surface area contributed by atoms with Crippen molar-refractivity contribution in [2.24, 2.45) is 0 Å². The third kappa shape index (κ3) is 3.58. The van der Waals surface area contributed by atoms with Crippen LogP contribution in [0.15, 0.2) is 48.5 Å². The lowest BCUT2D eigenvalue weighted by molar-refractivity contribution is 0.271. The van der Waals surface area contributed by atoms with E-state index in [4.69, 9.17) is 4.74 Å². The van der Waals surface area contributed by atoms with Crippen LogP contribution in [-0.4, -0.2) is 13.7 Å². The van der Waals surface area contributed by atoms with Crippen LogP contribution in [0.25, 0.3) is 0 Å². The third-order valence-electron chi connectivity index (χ3n) is 3.30. The van der Waals surface area contributed by atoms with E-state index in [1.165, 1.54) is 16.7 Å². The van der Waals surface area contributed by atoms with Gasteiger partial charge in [-0.3, -0.25) is 0 Å². The second-order valence-electron chi connectivity index (χ2n) is 4.83. The lowest BCUT2D eigenvalue weighted by Crippen LogP contribution is -2.23. The Labute approximate surface area is 115 Å². The molecule has 0 aliphatic heterocycles. The number of hydrogen-bond acceptors (Lipinski definition) is 2. The molecule has 2 aromatic carbocycles. The summed E-state index contributed by atoms with van der Waals surface area (Å²) in [5, 5.41) is 3.30. The van der Waals surface area contributed by atoms with Crippen LogP contribution in [0, 0.1) is 13.8 Å². The van der Waals surface area contributed by atoms with Gasteiger partial charge in [0.1, 0.15) is 12.4 Å². The first-order chi connectivity index (χ1) is 9.20. The highest BCUT2D eigenvalue weighted by Gasteiger charge is 2.10. The molecule has 2 heteroatoms. The van der Waals surface area contributed by atoms with Crippen LogP contribution in [0.2, 0.25) is 0 Å². The molecule has 0 aliphatic rings. The predicted octanol–water partition coefficient (Wildman–Crippen LogP) is 3.64. The Hall–Kier alpha value is -1.80. The minimum atomic E-state index is 0.209. The molecule has 1 atom stereocenters. The van der Waals surface area contributed by atoms with Crippen molar-refractivity contribution in [2.45, 2.75) is 19.9 Å². The van der Waals surface area contributed by atoms with Crippen molar-refractivity contribution < 1.29 is 4.74 Å². The van der Waals surface area contributed by atoms with Gasteiger partial charge >= 0.3 is 0 Å². The zero-order chi connectivity index (χ0) is 13.7. The summed E-state index contributed by atoms with van der Waals surface area (Å²) in [5.41, 5.74) is 3.64. The Kier molecular flexibility index (Phi) is 4.58. The van der Waals surface area contributed by atoms with E-state index in [0.29, 0.717) is 6.61 Å². The van der Waals surface area contributed by atoms with Crippen molar-refractivity contribution >= 4 is 0 Å². The molecule has 0 spiro atoms. The lowest BCUT2D eigenvalue weighted by Gasteiger charge is -2.18. The normalized spacial score (nSPS) is 12.2. The summed E-state index contributed by atoms with van der Waals surface area (Å²) in [6.45, 7) is 4.79. The van der Waals surface area contributed by atoms with E-state index >= 15 is 0 Å². The molecule has 1 unspecified atom stereocenters. The van der Waals surface area contributed by atoms with Crippen LogP contribution in [0.3, 0.4) is 0 Å². The molecule has 2 rings (SSSR count). The van der Waals surface area contributed by atoms with E-state index in [-0.39, 0.29) is 6.04 Å². The minimum absolute atomic E-state index is 0.209. The Balaban J connectivity index is 2.06. The number of hydrogen-bond donors (Lipinski definition) is 1. The standard InChI is InChI=1S/C17H21NO/c1-13-9-10-14(2)17(11-13)19-12-16(18-3)15-7-5-4-6-8-15/h4-11,16,18H,12H2,1-3H3. The Morgan fingerprint density at radius 1 is 1.05 bits per heavy atom. The number of ether oxygens (including phenoxy) is 1. The maximum Gasteiger partial charge on any atom is 0.122 e. The molecule has 0 aromatic heterocycles. The first-order valence-electron chi connectivity index (χ1n) is 6.63. The molecule has 0 heterocycles. The number of aryl methyl sites for hydroxylation is 2. The van der Waals surface area contributed by atoms with Crippen molar-refractivity contribution in [3.63, 3.8) is 0 Å². The van der Waals surface area contributed by atoms with Gasteiger partial charge in [-0.25, -0.2) is 0 Å². The average Bonchev–Trinajstić information content (AvgIpc) is 2.44. The summed E-state index contributed by atoms with van der Waals surface area (Å²) in [6, 6.07) is 16.9. The molecule has 100 valence electrons. The van der Waals surface area contributed by atoms with Crippen LogP contribution in [0.1, 0.15) is 22.7 Å². The molecular weight excluding hydrogens is 234 g/mol. The quantitative estimate of drug-likeness (QED) is 0.880. The molecule has 2 aromatic rings. The van der Waals surface area contributed by atoms with Gasteiger partial charge in [-0.1, -0.05) is 42.5 Å². The summed E-state index contributed by atoms with van der Waals surface area (Å²) in [5.74, 6) is 0.969. The van der Waals surface area contributed by atoms with E-state index in [1.54, 1.807) is 0 Å². The van der Waals surface area contributed by atoms with Crippen molar-refractivity contribution in [3.05, 3.63) is 65.2 Å². The fourth-order valence-electron chi connectivity index (χ4n) is 2.07. The number of likely N-dealkylation sites (N-methyl/N-ethyl adjacent to an activating group) is 1. The van der Waals surface area contributed by atoms with Crippen LogP contribution >= 0.6 is 0 Å². The highest BCUT2D eigenvalue weighted by atomic mass is 16.5. The summed E-state index contributed by atoms with van der Waals surface area (Å²) in [4.78, 5) is 0. The summed E-state index contributed by atoms with van der Waals surface area (Å²) < 4.78 is 5.96. The molecular formula is C17H21NO. The summed E-state index contributed by atoms with van der Waals surface area (Å²) in [6.07, 6.45) is 0. The zero-order valence-electron chi connectivity index (χ0n) is 11.8. The van der Waals surface area contributed by atoms with Gasteiger partial charge in [-0.2, -0.15) is 0 Å². The van der Waals surface area contributed by atoms with Gasteiger partial charge in [-0.05, 0) is 43.7 Å². The van der Waals surface area contributed by atoms with Gasteiger partial charge in [0.2, 0.25) is 0 Å². The molecule has 0 aliphatic carbocycles. The van der Waals surface area contributed by atoms with Gasteiger partial charge in [0, 0.05) is 0 Å². The second kappa shape index (κ2) is 6.39. The third-order valence-corrected chi connectivity index (χ3v) is 3.30. The van der Waals surface area contributed by atoms with E-state index in [0.717, 1.165) is 5.75 Å². The van der Waals surface area contributed by atoms with Crippen LogP contribution in [0.4, 0.5) is 0 Å². The molecule has 0 fully saturated rings. The Bertz CT molecular complexity index is 522. The van der Waals surface area contributed by atoms with Gasteiger partial charge in [0.25, 0.3) is 0 Å². The van der Waals surface area contributed by atoms with Crippen LogP contribution in [-0.2, 0) is 0 Å².